The predicted octanol–water partition coefficient (Wildman–Crippen LogP) is 1.98. The maximum Gasteiger partial charge on any atom is 0.328 e. The van der Waals surface area contributed by atoms with Gasteiger partial charge in [-0.05, 0) is 23.8 Å². The second-order valence-electron chi connectivity index (χ2n) is 6.68. The third-order valence-electron chi connectivity index (χ3n) is 4.40. The molecule has 0 amide bonds. The van der Waals surface area contributed by atoms with E-state index in [0.717, 1.165) is 16.9 Å². The van der Waals surface area contributed by atoms with Crippen LogP contribution in [0.3, 0.4) is 0 Å². The summed E-state index contributed by atoms with van der Waals surface area (Å²) in [5, 5.41) is 22.6. The van der Waals surface area contributed by atoms with Crippen molar-refractivity contribution in [2.75, 3.05) is 0 Å². The first-order valence-corrected chi connectivity index (χ1v) is 11.4. The van der Waals surface area contributed by atoms with E-state index >= 15 is 0 Å². The highest BCUT2D eigenvalue weighted by atomic mass is 32.2. The number of benzene rings is 2. The standard InChI is InChI=1S/C19H17N5O5S2/c20-31(27,28)19-21-15-7-6-14(9-17(15)30-19)29-11-13-10-24(23-22-13)16(18(25)26)8-12-4-2-1-3-5-12/h1-7,9-10,16H,8,11H2,(H,25,26)(H2,20,27,28). The number of carboxylic acids is 1. The van der Waals surface area contributed by atoms with Crippen LogP contribution in [-0.4, -0.2) is 39.5 Å². The van der Waals surface area contributed by atoms with Crippen LogP contribution >= 0.6 is 11.3 Å². The average Bonchev–Trinajstić information content (AvgIpc) is 3.37. The lowest BCUT2D eigenvalue weighted by Crippen LogP contribution is -2.22. The van der Waals surface area contributed by atoms with Crippen molar-refractivity contribution in [3.05, 3.63) is 66.0 Å². The molecule has 4 aromatic rings. The predicted molar refractivity (Wildman–Crippen MR) is 112 cm³/mol. The molecule has 0 aliphatic rings. The van der Waals surface area contributed by atoms with E-state index in [1.54, 1.807) is 18.2 Å². The number of ether oxygens (including phenoxy) is 1. The lowest BCUT2D eigenvalue weighted by atomic mass is 10.1. The largest absolute Gasteiger partial charge is 0.487 e. The van der Waals surface area contributed by atoms with Gasteiger partial charge in [0.15, 0.2) is 6.04 Å². The van der Waals surface area contributed by atoms with Crippen molar-refractivity contribution in [2.45, 2.75) is 23.4 Å². The quantitative estimate of drug-likeness (QED) is 0.406. The zero-order valence-corrected chi connectivity index (χ0v) is 17.6. The van der Waals surface area contributed by atoms with Gasteiger partial charge in [-0.15, -0.1) is 16.4 Å². The molecule has 0 saturated heterocycles. The molecule has 1 atom stereocenters. The minimum atomic E-state index is -3.87. The van der Waals surface area contributed by atoms with Gasteiger partial charge in [-0.2, -0.15) is 0 Å². The Morgan fingerprint density at radius 1 is 1.23 bits per heavy atom. The van der Waals surface area contributed by atoms with Crippen LogP contribution in [-0.2, 0) is 27.8 Å². The van der Waals surface area contributed by atoms with Gasteiger partial charge >= 0.3 is 5.97 Å². The number of fused-ring (bicyclic) bond motifs is 1. The number of rotatable bonds is 8. The van der Waals surface area contributed by atoms with Gasteiger partial charge in [0.25, 0.3) is 10.0 Å². The SMILES string of the molecule is NS(=O)(=O)c1nc2ccc(OCc3cn(C(Cc4ccccc4)C(=O)O)nn3)cc2s1. The van der Waals surface area contributed by atoms with Crippen LogP contribution in [0.4, 0.5) is 0 Å². The van der Waals surface area contributed by atoms with E-state index < -0.39 is 22.0 Å². The molecule has 4 rings (SSSR count). The molecule has 0 radical (unpaired) electrons. The van der Waals surface area contributed by atoms with Gasteiger partial charge in [0.05, 0.1) is 16.4 Å². The summed E-state index contributed by atoms with van der Waals surface area (Å²) in [6.07, 6.45) is 1.81. The van der Waals surface area contributed by atoms with Crippen LogP contribution in [0.25, 0.3) is 10.2 Å². The van der Waals surface area contributed by atoms with Crippen molar-refractivity contribution in [3.63, 3.8) is 0 Å². The van der Waals surface area contributed by atoms with Crippen molar-refractivity contribution < 1.29 is 23.1 Å². The molecule has 2 heterocycles. The number of nitrogens with zero attached hydrogens (tertiary/aromatic N) is 4. The van der Waals surface area contributed by atoms with Crippen LogP contribution < -0.4 is 9.88 Å². The van der Waals surface area contributed by atoms with Gasteiger partial charge in [0.1, 0.15) is 18.1 Å². The van der Waals surface area contributed by atoms with E-state index in [9.17, 15) is 18.3 Å². The summed E-state index contributed by atoms with van der Waals surface area (Å²) >= 11 is 0.951. The number of thiazole rings is 1. The van der Waals surface area contributed by atoms with Gasteiger partial charge in [-0.1, -0.05) is 35.5 Å². The summed E-state index contributed by atoms with van der Waals surface area (Å²) in [7, 11) is -3.87. The molecule has 0 saturated carbocycles. The molecule has 0 spiro atoms. The molecule has 1 unspecified atom stereocenters. The first kappa shape index (κ1) is 20.9. The average molecular weight is 460 g/mol. The maximum atomic E-state index is 11.7. The Bertz CT molecular complexity index is 1330. The Kier molecular flexibility index (Phi) is 5.67. The Morgan fingerprint density at radius 3 is 2.71 bits per heavy atom. The molecule has 10 nitrogen and oxygen atoms in total. The normalized spacial score (nSPS) is 12.7. The van der Waals surface area contributed by atoms with E-state index in [-0.39, 0.29) is 17.4 Å². The van der Waals surface area contributed by atoms with Crippen molar-refractivity contribution in [1.29, 1.82) is 0 Å². The topological polar surface area (TPSA) is 150 Å². The first-order valence-electron chi connectivity index (χ1n) is 9.03. The van der Waals surface area contributed by atoms with Gasteiger partial charge in [-0.3, -0.25) is 0 Å². The Balaban J connectivity index is 1.46. The van der Waals surface area contributed by atoms with E-state index in [0.29, 0.717) is 21.7 Å². The van der Waals surface area contributed by atoms with E-state index in [1.165, 1.54) is 10.9 Å². The molecule has 2 aromatic carbocycles. The second-order valence-corrected chi connectivity index (χ2v) is 9.44. The Labute approximate surface area is 181 Å². The second kappa shape index (κ2) is 8.41. The number of primary sulfonamides is 1. The molecular formula is C19H17N5O5S2. The summed E-state index contributed by atoms with van der Waals surface area (Å²) < 4.78 is 30.4. The molecule has 0 fully saturated rings. The number of carbonyl (C=O) groups is 1. The number of hydrogen-bond acceptors (Lipinski definition) is 8. The van der Waals surface area contributed by atoms with Gasteiger partial charge in [0.2, 0.25) is 4.34 Å². The lowest BCUT2D eigenvalue weighted by molar-refractivity contribution is -0.141. The number of hydrogen-bond donors (Lipinski definition) is 2. The van der Waals surface area contributed by atoms with E-state index in [1.807, 2.05) is 30.3 Å². The summed E-state index contributed by atoms with van der Waals surface area (Å²) in [5.74, 6) is -0.534. The summed E-state index contributed by atoms with van der Waals surface area (Å²) in [5.41, 5.74) is 1.83. The van der Waals surface area contributed by atoms with Crippen molar-refractivity contribution in [2.24, 2.45) is 5.14 Å². The van der Waals surface area contributed by atoms with Crippen LogP contribution in [0.15, 0.2) is 59.1 Å². The van der Waals surface area contributed by atoms with E-state index in [2.05, 4.69) is 15.3 Å². The zero-order chi connectivity index (χ0) is 22.0. The van der Waals surface area contributed by atoms with Crippen LogP contribution in [0.2, 0.25) is 0 Å². The summed E-state index contributed by atoms with van der Waals surface area (Å²) in [4.78, 5) is 15.7. The van der Waals surface area contributed by atoms with Crippen LogP contribution in [0, 0.1) is 0 Å². The van der Waals surface area contributed by atoms with Crippen molar-refractivity contribution >= 4 is 37.5 Å². The number of carboxylic acid groups (broad SMARTS) is 1. The highest BCUT2D eigenvalue weighted by Gasteiger charge is 2.22. The Morgan fingerprint density at radius 2 is 2.00 bits per heavy atom. The molecule has 0 aliphatic heterocycles. The molecule has 31 heavy (non-hydrogen) atoms. The highest BCUT2D eigenvalue weighted by molar-refractivity contribution is 7.91. The number of aromatic nitrogens is 4. The fourth-order valence-corrected chi connectivity index (χ4v) is 4.60. The Hall–Kier alpha value is -3.35. The minimum Gasteiger partial charge on any atom is -0.487 e. The minimum absolute atomic E-state index is 0.0596. The lowest BCUT2D eigenvalue weighted by Gasteiger charge is -2.12. The zero-order valence-electron chi connectivity index (χ0n) is 16.0. The smallest absolute Gasteiger partial charge is 0.328 e. The van der Waals surface area contributed by atoms with Gasteiger partial charge < -0.3 is 9.84 Å². The number of aliphatic carboxylic acids is 1. The summed E-state index contributed by atoms with van der Waals surface area (Å²) in [6, 6.07) is 13.3. The van der Waals surface area contributed by atoms with Crippen LogP contribution in [0.5, 0.6) is 5.75 Å². The van der Waals surface area contributed by atoms with Gasteiger partial charge in [-0.25, -0.2) is 28.0 Å². The molecule has 12 heteroatoms. The van der Waals surface area contributed by atoms with E-state index in [4.69, 9.17) is 9.88 Å². The molecule has 3 N–H and O–H groups in total. The molecule has 0 aliphatic carbocycles. The third-order valence-corrected chi connectivity index (χ3v) is 6.74. The van der Waals surface area contributed by atoms with Crippen molar-refractivity contribution in [1.82, 2.24) is 20.0 Å². The summed E-state index contributed by atoms with van der Waals surface area (Å²) in [6.45, 7) is 0.0596. The third kappa shape index (κ3) is 4.87. The maximum absolute atomic E-state index is 11.7. The molecule has 0 bridgehead atoms. The first-order chi connectivity index (χ1) is 14.8. The highest BCUT2D eigenvalue weighted by Crippen LogP contribution is 2.28. The monoisotopic (exact) mass is 459 g/mol. The van der Waals surface area contributed by atoms with Crippen molar-refractivity contribution in [3.8, 4) is 5.75 Å². The molecule has 2 aromatic heterocycles. The van der Waals surface area contributed by atoms with Crippen LogP contribution in [0.1, 0.15) is 17.3 Å². The fraction of sp³-hybridized carbons (Fsp3) is 0.158. The fourth-order valence-electron chi connectivity index (χ4n) is 2.92. The molecule has 160 valence electrons. The van der Waals surface area contributed by atoms with Gasteiger partial charge in [0, 0.05) is 6.42 Å². The number of nitrogens with two attached hydrogens (primary N) is 1. The number of sulfonamides is 1. The molecular weight excluding hydrogens is 442 g/mol.